The first-order valence-electron chi connectivity index (χ1n) is 22.1. The van der Waals surface area contributed by atoms with Gasteiger partial charge in [0, 0.05) is 49.6 Å². The fraction of sp³-hybridized carbons (Fsp3) is 0.231. The zero-order valence-electron chi connectivity index (χ0n) is 39.3. The Bertz CT molecular complexity index is 3110. The van der Waals surface area contributed by atoms with Crippen molar-refractivity contribution in [3.63, 3.8) is 0 Å². The second-order valence-electron chi connectivity index (χ2n) is 17.0. The Kier molecular flexibility index (Phi) is 9.77. The molecule has 0 spiro atoms. The van der Waals surface area contributed by atoms with Crippen LogP contribution in [0.15, 0.2) is 132 Å². The van der Waals surface area contributed by atoms with Crippen molar-refractivity contribution in [2.24, 2.45) is 5.92 Å². The summed E-state index contributed by atoms with van der Waals surface area (Å²) in [5.74, 6) is 0.641. The maximum Gasteiger partial charge on any atom is 0.120 e. The van der Waals surface area contributed by atoms with Crippen LogP contribution in [0.1, 0.15) is 58.2 Å². The molecular formula is C52H51IrN3OSi-2. The largest absolute Gasteiger partial charge is 0.501 e. The Morgan fingerprint density at radius 2 is 1.57 bits per heavy atom. The fourth-order valence-electron chi connectivity index (χ4n) is 7.59. The van der Waals surface area contributed by atoms with Crippen LogP contribution >= 0.6 is 0 Å². The number of nitrogens with zero attached hydrogens (tertiary/aromatic N) is 3. The first-order valence-corrected chi connectivity index (χ1v) is 23.1. The van der Waals surface area contributed by atoms with Crippen molar-refractivity contribution < 1.29 is 31.4 Å². The minimum atomic E-state index is -2.22. The summed E-state index contributed by atoms with van der Waals surface area (Å²) in [7, 11) is -1.82. The smallest absolute Gasteiger partial charge is 0.120 e. The molecule has 6 heteroatoms. The van der Waals surface area contributed by atoms with Crippen molar-refractivity contribution in [2.75, 3.05) is 0 Å². The monoisotopic (exact) mass is 959 g/mol. The number of fused-ring (bicyclic) bond motifs is 5. The Labute approximate surface area is 364 Å². The van der Waals surface area contributed by atoms with Crippen molar-refractivity contribution in [1.82, 2.24) is 14.5 Å². The summed E-state index contributed by atoms with van der Waals surface area (Å²) in [6, 6.07) is 47.1. The van der Waals surface area contributed by atoms with E-state index in [9.17, 15) is 0 Å². The zero-order valence-corrected chi connectivity index (χ0v) is 37.7. The molecule has 6 aromatic carbocycles. The van der Waals surface area contributed by atoms with Gasteiger partial charge in [0.25, 0.3) is 0 Å². The van der Waals surface area contributed by atoms with Crippen LogP contribution in [0.5, 0.6) is 0 Å². The summed E-state index contributed by atoms with van der Waals surface area (Å²) in [6.45, 7) is 14.1. The van der Waals surface area contributed by atoms with Gasteiger partial charge in [0.2, 0.25) is 0 Å². The van der Waals surface area contributed by atoms with Gasteiger partial charge in [-0.2, -0.15) is 0 Å². The number of imidazole rings is 1. The summed E-state index contributed by atoms with van der Waals surface area (Å²) in [4.78, 5) is 9.72. The maximum absolute atomic E-state index is 8.74. The van der Waals surface area contributed by atoms with Crippen LogP contribution in [0.4, 0.5) is 0 Å². The van der Waals surface area contributed by atoms with Crippen molar-refractivity contribution in [3.8, 4) is 28.3 Å². The van der Waals surface area contributed by atoms with Crippen LogP contribution in [-0.2, 0) is 31.9 Å². The van der Waals surface area contributed by atoms with Gasteiger partial charge in [0.05, 0.1) is 30.5 Å². The molecule has 0 fully saturated rings. The zero-order chi connectivity index (χ0) is 44.4. The molecule has 0 aliphatic rings. The van der Waals surface area contributed by atoms with Crippen LogP contribution in [0.25, 0.3) is 72.1 Å². The third-order valence-corrected chi connectivity index (χ3v) is 12.3. The first kappa shape index (κ1) is 34.9. The Morgan fingerprint density at radius 1 is 0.845 bits per heavy atom. The number of furan rings is 1. The van der Waals surface area contributed by atoms with Gasteiger partial charge < -0.3 is 14.0 Å². The number of pyridine rings is 1. The van der Waals surface area contributed by atoms with E-state index in [0.29, 0.717) is 22.4 Å². The van der Waals surface area contributed by atoms with E-state index in [-0.39, 0.29) is 31.4 Å². The Morgan fingerprint density at radius 3 is 2.33 bits per heavy atom. The molecule has 3 aromatic heterocycles. The van der Waals surface area contributed by atoms with Crippen LogP contribution in [0.3, 0.4) is 0 Å². The van der Waals surface area contributed by atoms with E-state index in [2.05, 4.69) is 114 Å². The average molecular weight is 959 g/mol. The molecule has 9 rings (SSSR count). The van der Waals surface area contributed by atoms with E-state index in [4.69, 9.17) is 16.3 Å². The van der Waals surface area contributed by atoms with E-state index in [1.807, 2.05) is 83.3 Å². The minimum Gasteiger partial charge on any atom is -0.501 e. The van der Waals surface area contributed by atoms with Crippen LogP contribution < -0.4 is 5.19 Å². The first-order chi connectivity index (χ1) is 29.2. The van der Waals surface area contributed by atoms with Crippen molar-refractivity contribution in [1.29, 1.82) is 0 Å². The molecule has 0 bridgehead atoms. The van der Waals surface area contributed by atoms with Gasteiger partial charge in [0.1, 0.15) is 5.58 Å². The van der Waals surface area contributed by atoms with Crippen molar-refractivity contribution in [2.45, 2.75) is 72.9 Å². The summed E-state index contributed by atoms with van der Waals surface area (Å²) in [5, 5.41) is 5.56. The second-order valence-corrected chi connectivity index (χ2v) is 22.1. The SMILES string of the molecule is [2H]C([2H])([2H])c1c[c-]c(-c2cc(C([2H])([2H])C(C)C)c([Si](C)(C)C)cn2)cc1C(C)(C)C.[Ir].[c-]1ccc2c(oc3ccccc32)c1-c1nc2ccccc2n1-c1cccc2ccccc12. The molecule has 0 unspecified atom stereocenters. The number of hydrogen-bond acceptors (Lipinski definition) is 3. The number of rotatable bonds is 6. The third kappa shape index (κ3) is 7.98. The minimum absolute atomic E-state index is 0. The summed E-state index contributed by atoms with van der Waals surface area (Å²) in [5.41, 5.74) is 8.31. The molecule has 0 saturated carbocycles. The van der Waals surface area contributed by atoms with Crippen LogP contribution in [0.2, 0.25) is 19.6 Å². The molecule has 0 N–H and O–H groups in total. The fourth-order valence-corrected chi connectivity index (χ4v) is 8.99. The topological polar surface area (TPSA) is 43.9 Å². The molecule has 0 saturated heterocycles. The molecule has 0 amide bonds. The molecule has 9 aromatic rings. The number of hydrogen-bond donors (Lipinski definition) is 0. The van der Waals surface area contributed by atoms with Gasteiger partial charge in [-0.1, -0.05) is 150 Å². The number of aryl methyl sites for hydroxylation is 1. The van der Waals surface area contributed by atoms with Gasteiger partial charge in [-0.25, -0.2) is 0 Å². The van der Waals surface area contributed by atoms with E-state index < -0.39 is 21.3 Å². The molecule has 3 heterocycles. The van der Waals surface area contributed by atoms with Gasteiger partial charge in [-0.15, -0.1) is 53.1 Å². The maximum atomic E-state index is 8.74. The van der Waals surface area contributed by atoms with Crippen LogP contribution in [0, 0.1) is 24.9 Å². The molecule has 0 aliphatic heterocycles. The Hall–Kier alpha value is -5.13. The van der Waals surface area contributed by atoms with Gasteiger partial charge in [-0.3, -0.25) is 4.98 Å². The number of benzene rings is 6. The number of aromatic nitrogens is 3. The van der Waals surface area contributed by atoms with E-state index >= 15 is 0 Å². The summed E-state index contributed by atoms with van der Waals surface area (Å²) in [6.07, 6.45) is 0.332. The molecule has 0 aliphatic carbocycles. The molecule has 58 heavy (non-hydrogen) atoms. The summed E-state index contributed by atoms with van der Waals surface area (Å²) >= 11 is 0. The normalized spacial score (nSPS) is 13.7. The van der Waals surface area contributed by atoms with Crippen molar-refractivity contribution in [3.05, 3.63) is 156 Å². The predicted molar refractivity (Wildman–Crippen MR) is 244 cm³/mol. The number of para-hydroxylation sites is 3. The van der Waals surface area contributed by atoms with E-state index in [0.717, 1.165) is 60.8 Å². The standard InChI is InChI=1S/C29H17N2O.C23H34NSi.Ir/c1-2-11-20-19(9-1)10-7-17-25(20)31-26-16-5-4-15-24(26)30-29(31)23-14-8-13-22-21-12-3-6-18-27(21)32-28(22)23;1-16(2)12-19-14-21(24-15-22(19)25(7,8)9)18-11-10-17(3)20(13-18)23(4,5)6;/h1-13,15-18H;10,13-16H,12H2,1-9H3;/q2*-1;/i;3D3,12D2;. The molecule has 0 atom stereocenters. The quantitative estimate of drug-likeness (QED) is 0.123. The molecule has 295 valence electrons. The van der Waals surface area contributed by atoms with E-state index in [1.165, 1.54) is 10.8 Å². The van der Waals surface area contributed by atoms with Gasteiger partial charge in [0.15, 0.2) is 0 Å². The van der Waals surface area contributed by atoms with Crippen molar-refractivity contribution >= 4 is 57.0 Å². The molecular weight excluding hydrogens is 903 g/mol. The van der Waals surface area contributed by atoms with E-state index in [1.54, 1.807) is 6.07 Å². The predicted octanol–water partition coefficient (Wildman–Crippen LogP) is 13.4. The van der Waals surface area contributed by atoms with Gasteiger partial charge >= 0.3 is 0 Å². The average Bonchev–Trinajstić information content (AvgIpc) is 3.81. The second kappa shape index (κ2) is 16.3. The Balaban J connectivity index is 0.000000187. The molecule has 4 nitrogen and oxygen atoms in total. The third-order valence-electron chi connectivity index (χ3n) is 10.3. The van der Waals surface area contributed by atoms with Gasteiger partial charge in [-0.05, 0) is 58.2 Å². The van der Waals surface area contributed by atoms with Crippen LogP contribution in [-0.4, -0.2) is 22.6 Å². The summed E-state index contributed by atoms with van der Waals surface area (Å²) < 4.78 is 49.7. The molecule has 1 radical (unpaired) electrons.